The summed E-state index contributed by atoms with van der Waals surface area (Å²) in [5, 5.41) is 27.0. The standard InChI is InChI=1S/C14H21N5O4/c20-11-3-1-9(2-4-11)17-14-15-7-12(19(21)22)13(18-14)16-10-5-6-23-8-10/h7,9-11,20H,1-6,8H2,(H2,15,16,17,18). The molecule has 0 amide bonds. The molecule has 23 heavy (non-hydrogen) atoms. The van der Waals surface area contributed by atoms with Gasteiger partial charge in [0.05, 0.1) is 23.7 Å². The number of ether oxygens (including phenoxy) is 1. The van der Waals surface area contributed by atoms with Crippen molar-refractivity contribution in [3.8, 4) is 0 Å². The van der Waals surface area contributed by atoms with E-state index in [0.29, 0.717) is 19.2 Å². The number of nitro groups is 1. The molecule has 3 rings (SSSR count). The molecule has 126 valence electrons. The lowest BCUT2D eigenvalue weighted by molar-refractivity contribution is -0.384. The number of hydrogen-bond acceptors (Lipinski definition) is 8. The van der Waals surface area contributed by atoms with Crippen LogP contribution in [0.15, 0.2) is 6.20 Å². The fraction of sp³-hybridized carbons (Fsp3) is 0.714. The Hall–Kier alpha value is -2.00. The second-order valence-corrected chi connectivity index (χ2v) is 6.04. The number of nitrogens with one attached hydrogen (secondary N) is 2. The van der Waals surface area contributed by atoms with Gasteiger partial charge in [-0.15, -0.1) is 0 Å². The molecule has 1 aromatic heterocycles. The highest BCUT2D eigenvalue weighted by Crippen LogP contribution is 2.26. The minimum atomic E-state index is -0.487. The Morgan fingerprint density at radius 2 is 2.00 bits per heavy atom. The van der Waals surface area contributed by atoms with Crippen molar-refractivity contribution in [1.29, 1.82) is 0 Å². The normalized spacial score (nSPS) is 27.6. The van der Waals surface area contributed by atoms with Crippen molar-refractivity contribution in [3.63, 3.8) is 0 Å². The molecule has 1 aromatic rings. The smallest absolute Gasteiger partial charge is 0.329 e. The maximum atomic E-state index is 11.1. The van der Waals surface area contributed by atoms with E-state index >= 15 is 0 Å². The first kappa shape index (κ1) is 15.9. The highest BCUT2D eigenvalue weighted by atomic mass is 16.6. The van der Waals surface area contributed by atoms with E-state index in [4.69, 9.17) is 4.74 Å². The summed E-state index contributed by atoms with van der Waals surface area (Å²) >= 11 is 0. The first-order valence-corrected chi connectivity index (χ1v) is 7.92. The van der Waals surface area contributed by atoms with Crippen LogP contribution in [0.25, 0.3) is 0 Å². The molecule has 1 aliphatic heterocycles. The number of aliphatic hydroxyl groups is 1. The molecule has 1 atom stereocenters. The number of nitrogens with zero attached hydrogens (tertiary/aromatic N) is 3. The molecular formula is C14H21N5O4. The topological polar surface area (TPSA) is 122 Å². The average Bonchev–Trinajstić information content (AvgIpc) is 3.02. The molecule has 1 unspecified atom stereocenters. The van der Waals surface area contributed by atoms with Gasteiger partial charge in [0.2, 0.25) is 11.8 Å². The molecular weight excluding hydrogens is 302 g/mol. The predicted octanol–water partition coefficient (Wildman–Crippen LogP) is 1.30. The van der Waals surface area contributed by atoms with Crippen LogP contribution < -0.4 is 10.6 Å². The van der Waals surface area contributed by atoms with Crippen LogP contribution in [0.2, 0.25) is 0 Å². The molecule has 1 saturated heterocycles. The summed E-state index contributed by atoms with van der Waals surface area (Å²) in [5.74, 6) is 0.595. The van der Waals surface area contributed by atoms with Gasteiger partial charge in [0.25, 0.3) is 0 Å². The molecule has 0 aromatic carbocycles. The van der Waals surface area contributed by atoms with E-state index in [1.54, 1.807) is 0 Å². The summed E-state index contributed by atoms with van der Waals surface area (Å²) in [6.07, 6.45) is 4.95. The lowest BCUT2D eigenvalue weighted by Gasteiger charge is -2.26. The zero-order chi connectivity index (χ0) is 16.2. The summed E-state index contributed by atoms with van der Waals surface area (Å²) in [6.45, 7) is 1.16. The van der Waals surface area contributed by atoms with E-state index in [0.717, 1.165) is 32.1 Å². The number of hydrogen-bond donors (Lipinski definition) is 3. The fourth-order valence-electron chi connectivity index (χ4n) is 2.93. The van der Waals surface area contributed by atoms with Crippen LogP contribution in [-0.2, 0) is 4.74 Å². The van der Waals surface area contributed by atoms with Crippen molar-refractivity contribution in [2.45, 2.75) is 50.3 Å². The van der Waals surface area contributed by atoms with Gasteiger partial charge in [0.15, 0.2) is 0 Å². The molecule has 9 nitrogen and oxygen atoms in total. The Balaban J connectivity index is 1.71. The van der Waals surface area contributed by atoms with Crippen molar-refractivity contribution >= 4 is 17.5 Å². The third-order valence-electron chi connectivity index (χ3n) is 4.27. The van der Waals surface area contributed by atoms with Crippen LogP contribution in [0.1, 0.15) is 32.1 Å². The third-order valence-corrected chi connectivity index (χ3v) is 4.27. The number of anilines is 2. The fourth-order valence-corrected chi connectivity index (χ4v) is 2.93. The van der Waals surface area contributed by atoms with Crippen LogP contribution in [0.4, 0.5) is 17.5 Å². The van der Waals surface area contributed by atoms with Gasteiger partial charge in [0, 0.05) is 12.6 Å². The number of aliphatic hydroxyl groups excluding tert-OH is 1. The quantitative estimate of drug-likeness (QED) is 0.547. The van der Waals surface area contributed by atoms with E-state index in [2.05, 4.69) is 20.6 Å². The van der Waals surface area contributed by atoms with Crippen LogP contribution in [-0.4, -0.2) is 51.4 Å². The number of rotatable bonds is 5. The van der Waals surface area contributed by atoms with Gasteiger partial charge in [-0.25, -0.2) is 4.98 Å². The van der Waals surface area contributed by atoms with Crippen molar-refractivity contribution < 1.29 is 14.8 Å². The zero-order valence-corrected chi connectivity index (χ0v) is 12.8. The van der Waals surface area contributed by atoms with Gasteiger partial charge in [-0.05, 0) is 32.1 Å². The van der Waals surface area contributed by atoms with E-state index in [9.17, 15) is 15.2 Å². The monoisotopic (exact) mass is 323 g/mol. The lowest BCUT2D eigenvalue weighted by atomic mass is 9.93. The Labute approximate surface area is 133 Å². The minimum Gasteiger partial charge on any atom is -0.393 e. The Kier molecular flexibility index (Phi) is 4.87. The van der Waals surface area contributed by atoms with Gasteiger partial charge < -0.3 is 20.5 Å². The van der Waals surface area contributed by atoms with Crippen molar-refractivity contribution in [2.24, 2.45) is 0 Å². The Morgan fingerprint density at radius 1 is 1.22 bits per heavy atom. The van der Waals surface area contributed by atoms with Crippen LogP contribution in [0.5, 0.6) is 0 Å². The van der Waals surface area contributed by atoms with Crippen molar-refractivity contribution in [2.75, 3.05) is 23.8 Å². The van der Waals surface area contributed by atoms with Gasteiger partial charge in [-0.3, -0.25) is 10.1 Å². The largest absolute Gasteiger partial charge is 0.393 e. The number of aromatic nitrogens is 2. The van der Waals surface area contributed by atoms with Crippen molar-refractivity contribution in [1.82, 2.24) is 9.97 Å². The Morgan fingerprint density at radius 3 is 2.65 bits per heavy atom. The molecule has 2 aliphatic rings. The summed E-state index contributed by atoms with van der Waals surface area (Å²) in [5.41, 5.74) is -0.137. The summed E-state index contributed by atoms with van der Waals surface area (Å²) in [4.78, 5) is 19.0. The first-order chi connectivity index (χ1) is 11.1. The van der Waals surface area contributed by atoms with E-state index < -0.39 is 4.92 Å². The maximum absolute atomic E-state index is 11.1. The predicted molar refractivity (Wildman–Crippen MR) is 83.4 cm³/mol. The first-order valence-electron chi connectivity index (χ1n) is 7.92. The van der Waals surface area contributed by atoms with E-state index in [1.807, 2.05) is 0 Å². The summed E-state index contributed by atoms with van der Waals surface area (Å²) in [6, 6.07) is 0.212. The molecule has 0 radical (unpaired) electrons. The van der Waals surface area contributed by atoms with Gasteiger partial charge in [-0.2, -0.15) is 4.98 Å². The summed E-state index contributed by atoms with van der Waals surface area (Å²) in [7, 11) is 0. The van der Waals surface area contributed by atoms with Crippen LogP contribution in [0, 0.1) is 10.1 Å². The SMILES string of the molecule is O=[N+]([O-])c1cnc(NC2CCC(O)CC2)nc1NC1CCOC1. The molecule has 9 heteroatoms. The summed E-state index contributed by atoms with van der Waals surface area (Å²) < 4.78 is 5.28. The van der Waals surface area contributed by atoms with Crippen LogP contribution >= 0.6 is 0 Å². The highest BCUT2D eigenvalue weighted by Gasteiger charge is 2.24. The molecule has 1 aliphatic carbocycles. The molecule has 2 heterocycles. The van der Waals surface area contributed by atoms with E-state index in [-0.39, 0.29) is 29.7 Å². The molecule has 0 spiro atoms. The maximum Gasteiger partial charge on any atom is 0.329 e. The van der Waals surface area contributed by atoms with Gasteiger partial charge in [-0.1, -0.05) is 0 Å². The molecule has 2 fully saturated rings. The lowest BCUT2D eigenvalue weighted by Crippen LogP contribution is -2.29. The molecule has 0 bridgehead atoms. The highest BCUT2D eigenvalue weighted by molar-refractivity contribution is 5.57. The van der Waals surface area contributed by atoms with Gasteiger partial charge in [0.1, 0.15) is 6.20 Å². The molecule has 1 saturated carbocycles. The minimum absolute atomic E-state index is 0.0290. The van der Waals surface area contributed by atoms with E-state index in [1.165, 1.54) is 6.20 Å². The Bertz CT molecular complexity index is 556. The molecule has 3 N–H and O–H groups in total. The van der Waals surface area contributed by atoms with Gasteiger partial charge >= 0.3 is 5.69 Å². The second-order valence-electron chi connectivity index (χ2n) is 6.04. The second kappa shape index (κ2) is 7.05. The average molecular weight is 323 g/mol. The third kappa shape index (κ3) is 4.05. The van der Waals surface area contributed by atoms with Crippen molar-refractivity contribution in [3.05, 3.63) is 16.3 Å². The van der Waals surface area contributed by atoms with Crippen LogP contribution in [0.3, 0.4) is 0 Å². The zero-order valence-electron chi connectivity index (χ0n) is 12.8.